The lowest BCUT2D eigenvalue weighted by Crippen LogP contribution is -2.15. The topological polar surface area (TPSA) is 20.2 Å². The van der Waals surface area contributed by atoms with E-state index >= 15 is 0 Å². The van der Waals surface area contributed by atoms with Gasteiger partial charge in [0.25, 0.3) is 0 Å². The van der Waals surface area contributed by atoms with E-state index in [2.05, 4.69) is 19.1 Å². The summed E-state index contributed by atoms with van der Waals surface area (Å²) in [7, 11) is 0. The Bertz CT molecular complexity index is 337. The zero-order valence-corrected chi connectivity index (χ0v) is 10.7. The maximum atomic E-state index is 9.29. The molecule has 1 aliphatic rings. The molecule has 88 valence electrons. The summed E-state index contributed by atoms with van der Waals surface area (Å²) in [6.45, 7) is 2.51. The van der Waals surface area contributed by atoms with Gasteiger partial charge in [-0.2, -0.15) is 0 Å². The van der Waals surface area contributed by atoms with Gasteiger partial charge in [-0.25, -0.2) is 0 Å². The fourth-order valence-corrected chi connectivity index (χ4v) is 3.92. The van der Waals surface area contributed by atoms with Crippen LogP contribution in [0.3, 0.4) is 0 Å². The van der Waals surface area contributed by atoms with Crippen LogP contribution in [0, 0.1) is 5.92 Å². The van der Waals surface area contributed by atoms with Gasteiger partial charge in [0.1, 0.15) is 0 Å². The number of aliphatic hydroxyl groups excluding tert-OH is 1. The molecule has 0 saturated heterocycles. The first-order valence-electron chi connectivity index (χ1n) is 6.15. The molecule has 1 nitrogen and oxygen atoms in total. The van der Waals surface area contributed by atoms with Crippen LogP contribution in [-0.4, -0.2) is 10.4 Å². The maximum absolute atomic E-state index is 9.29. The van der Waals surface area contributed by atoms with Gasteiger partial charge in [0.2, 0.25) is 0 Å². The SMILES string of the molecule is CC1CCCC(Sc2ccccc2CO)C1. The second kappa shape index (κ2) is 5.74. The van der Waals surface area contributed by atoms with E-state index in [1.165, 1.54) is 30.6 Å². The van der Waals surface area contributed by atoms with Gasteiger partial charge in [0.15, 0.2) is 0 Å². The van der Waals surface area contributed by atoms with Gasteiger partial charge in [-0.15, -0.1) is 11.8 Å². The van der Waals surface area contributed by atoms with Crippen LogP contribution in [0.1, 0.15) is 38.2 Å². The lowest BCUT2D eigenvalue weighted by molar-refractivity contribution is 0.279. The second-order valence-corrected chi connectivity index (χ2v) is 6.12. The monoisotopic (exact) mass is 236 g/mol. The van der Waals surface area contributed by atoms with Gasteiger partial charge < -0.3 is 5.11 Å². The van der Waals surface area contributed by atoms with Crippen LogP contribution in [0.15, 0.2) is 29.2 Å². The molecule has 0 spiro atoms. The van der Waals surface area contributed by atoms with Crippen LogP contribution in [-0.2, 0) is 6.61 Å². The Morgan fingerprint density at radius 2 is 2.12 bits per heavy atom. The van der Waals surface area contributed by atoms with E-state index in [-0.39, 0.29) is 6.61 Å². The second-order valence-electron chi connectivity index (χ2n) is 4.78. The molecule has 1 saturated carbocycles. The number of thioether (sulfide) groups is 1. The van der Waals surface area contributed by atoms with Crippen LogP contribution in [0.2, 0.25) is 0 Å². The van der Waals surface area contributed by atoms with Crippen molar-refractivity contribution in [1.82, 2.24) is 0 Å². The van der Waals surface area contributed by atoms with Gasteiger partial charge in [0, 0.05) is 10.1 Å². The summed E-state index contributed by atoms with van der Waals surface area (Å²) >= 11 is 1.96. The minimum absolute atomic E-state index is 0.158. The number of hydrogen-bond acceptors (Lipinski definition) is 2. The van der Waals surface area contributed by atoms with Gasteiger partial charge in [-0.3, -0.25) is 0 Å². The third-order valence-electron chi connectivity index (χ3n) is 3.32. The summed E-state index contributed by atoms with van der Waals surface area (Å²) in [5.74, 6) is 0.868. The molecule has 1 aromatic carbocycles. The number of hydrogen-bond donors (Lipinski definition) is 1. The van der Waals surface area contributed by atoms with Crippen molar-refractivity contribution in [2.45, 2.75) is 49.4 Å². The third kappa shape index (κ3) is 3.02. The highest BCUT2D eigenvalue weighted by molar-refractivity contribution is 8.00. The summed E-state index contributed by atoms with van der Waals surface area (Å²) in [6.07, 6.45) is 5.40. The van der Waals surface area contributed by atoms with Gasteiger partial charge in [-0.1, -0.05) is 38.0 Å². The molecule has 2 heteroatoms. The highest BCUT2D eigenvalue weighted by Gasteiger charge is 2.20. The minimum atomic E-state index is 0.158. The predicted octanol–water partition coefficient (Wildman–Crippen LogP) is 3.85. The van der Waals surface area contributed by atoms with Crippen LogP contribution in [0.25, 0.3) is 0 Å². The molecule has 0 bridgehead atoms. The van der Waals surface area contributed by atoms with Crippen LogP contribution < -0.4 is 0 Å². The standard InChI is InChI=1S/C14H20OS/c1-11-5-4-7-13(9-11)16-14-8-3-2-6-12(14)10-15/h2-3,6,8,11,13,15H,4-5,7,9-10H2,1H3. The Hall–Kier alpha value is -0.470. The molecule has 0 radical (unpaired) electrons. The molecule has 0 aliphatic heterocycles. The van der Waals surface area contributed by atoms with Crippen LogP contribution in [0.4, 0.5) is 0 Å². The van der Waals surface area contributed by atoms with Crippen molar-refractivity contribution in [1.29, 1.82) is 0 Å². The molecule has 2 atom stereocenters. The Morgan fingerprint density at radius 1 is 1.31 bits per heavy atom. The number of benzene rings is 1. The van der Waals surface area contributed by atoms with E-state index in [9.17, 15) is 5.11 Å². The first kappa shape index (κ1) is 12.0. The Morgan fingerprint density at radius 3 is 2.88 bits per heavy atom. The van der Waals surface area contributed by atoms with Crippen molar-refractivity contribution in [2.75, 3.05) is 0 Å². The van der Waals surface area contributed by atoms with E-state index in [1.807, 2.05) is 23.9 Å². The van der Waals surface area contributed by atoms with E-state index in [0.29, 0.717) is 0 Å². The molecular weight excluding hydrogens is 216 g/mol. The number of rotatable bonds is 3. The van der Waals surface area contributed by atoms with E-state index < -0.39 is 0 Å². The van der Waals surface area contributed by atoms with Crippen molar-refractivity contribution in [3.63, 3.8) is 0 Å². The third-order valence-corrected chi connectivity index (χ3v) is 4.74. The Labute approximate surface area is 102 Å². The smallest absolute Gasteiger partial charge is 0.0692 e. The average molecular weight is 236 g/mol. The molecule has 0 amide bonds. The van der Waals surface area contributed by atoms with Crippen molar-refractivity contribution in [2.24, 2.45) is 5.92 Å². The molecule has 1 N–H and O–H groups in total. The molecule has 16 heavy (non-hydrogen) atoms. The zero-order chi connectivity index (χ0) is 11.4. The maximum Gasteiger partial charge on any atom is 0.0692 e. The highest BCUT2D eigenvalue weighted by Crippen LogP contribution is 2.37. The van der Waals surface area contributed by atoms with E-state index in [1.54, 1.807) is 0 Å². The predicted molar refractivity (Wildman–Crippen MR) is 69.6 cm³/mol. The van der Waals surface area contributed by atoms with Gasteiger partial charge >= 0.3 is 0 Å². The molecule has 1 fully saturated rings. The summed E-state index contributed by atoms with van der Waals surface area (Å²) in [5, 5.41) is 10.0. The first-order valence-corrected chi connectivity index (χ1v) is 7.03. The fourth-order valence-electron chi connectivity index (χ4n) is 2.41. The molecule has 0 aromatic heterocycles. The van der Waals surface area contributed by atoms with Gasteiger partial charge in [0.05, 0.1) is 6.61 Å². The lowest BCUT2D eigenvalue weighted by atomic mass is 9.91. The Balaban J connectivity index is 2.02. The molecule has 2 unspecified atom stereocenters. The zero-order valence-electron chi connectivity index (χ0n) is 9.86. The van der Waals surface area contributed by atoms with Crippen molar-refractivity contribution >= 4 is 11.8 Å². The van der Waals surface area contributed by atoms with Crippen LogP contribution >= 0.6 is 11.8 Å². The Kier molecular flexibility index (Phi) is 4.30. The quantitative estimate of drug-likeness (QED) is 0.860. The summed E-state index contributed by atoms with van der Waals surface area (Å²) in [6, 6.07) is 8.22. The number of aliphatic hydroxyl groups is 1. The fraction of sp³-hybridized carbons (Fsp3) is 0.571. The molecule has 2 rings (SSSR count). The highest BCUT2D eigenvalue weighted by atomic mass is 32.2. The summed E-state index contributed by atoms with van der Waals surface area (Å²) < 4.78 is 0. The normalized spacial score (nSPS) is 25.6. The van der Waals surface area contributed by atoms with Crippen molar-refractivity contribution < 1.29 is 5.11 Å². The lowest BCUT2D eigenvalue weighted by Gasteiger charge is -2.26. The van der Waals surface area contributed by atoms with Crippen molar-refractivity contribution in [3.8, 4) is 0 Å². The van der Waals surface area contributed by atoms with Crippen LogP contribution in [0.5, 0.6) is 0 Å². The van der Waals surface area contributed by atoms with E-state index in [4.69, 9.17) is 0 Å². The molecular formula is C14H20OS. The van der Waals surface area contributed by atoms with E-state index in [0.717, 1.165) is 16.7 Å². The van der Waals surface area contributed by atoms with Crippen molar-refractivity contribution in [3.05, 3.63) is 29.8 Å². The largest absolute Gasteiger partial charge is 0.392 e. The molecule has 1 aliphatic carbocycles. The average Bonchev–Trinajstić information content (AvgIpc) is 2.30. The molecule has 1 aromatic rings. The summed E-state index contributed by atoms with van der Waals surface area (Å²) in [5.41, 5.74) is 1.07. The molecule has 0 heterocycles. The summed E-state index contributed by atoms with van der Waals surface area (Å²) in [4.78, 5) is 1.27. The first-order chi connectivity index (χ1) is 7.79. The van der Waals surface area contributed by atoms with Gasteiger partial charge in [-0.05, 0) is 30.4 Å². The minimum Gasteiger partial charge on any atom is -0.392 e.